The van der Waals surface area contributed by atoms with E-state index in [1.54, 1.807) is 19.2 Å². The van der Waals surface area contributed by atoms with Crippen LogP contribution in [0.5, 0.6) is 0 Å². The minimum Gasteiger partial charge on any atom is -0.383 e. The fourth-order valence-electron chi connectivity index (χ4n) is 2.81. The van der Waals surface area contributed by atoms with Crippen LogP contribution in [0.3, 0.4) is 0 Å². The van der Waals surface area contributed by atoms with Crippen molar-refractivity contribution < 1.29 is 9.66 Å². The summed E-state index contributed by atoms with van der Waals surface area (Å²) in [6, 6.07) is 7.12. The molecule has 1 atom stereocenters. The number of methoxy groups -OCH3 is 1. The normalized spacial score (nSPS) is 16.2. The highest BCUT2D eigenvalue weighted by Gasteiger charge is 2.17. The molecule has 0 amide bonds. The first-order chi connectivity index (χ1) is 11.6. The molecule has 0 radical (unpaired) electrons. The van der Waals surface area contributed by atoms with Crippen molar-refractivity contribution in [3.63, 3.8) is 0 Å². The topological polar surface area (TPSA) is 88.8 Å². The SMILES string of the molecule is COCC(C)NC(=NCc1ccc([N+](=O)[O-])cc1)NC1CCCC1.I. The van der Waals surface area contributed by atoms with Crippen molar-refractivity contribution in [2.75, 3.05) is 13.7 Å². The van der Waals surface area contributed by atoms with E-state index in [9.17, 15) is 10.1 Å². The third kappa shape index (κ3) is 7.55. The Kier molecular flexibility index (Phi) is 9.73. The van der Waals surface area contributed by atoms with Gasteiger partial charge in [-0.25, -0.2) is 4.99 Å². The zero-order valence-electron chi connectivity index (χ0n) is 14.7. The lowest BCUT2D eigenvalue weighted by molar-refractivity contribution is -0.384. The molecule has 0 aliphatic heterocycles. The summed E-state index contributed by atoms with van der Waals surface area (Å²) in [5, 5.41) is 17.5. The molecule has 8 heteroatoms. The minimum absolute atomic E-state index is 0. The number of nitrogens with one attached hydrogen (secondary N) is 2. The van der Waals surface area contributed by atoms with Gasteiger partial charge < -0.3 is 15.4 Å². The van der Waals surface area contributed by atoms with Gasteiger partial charge in [-0.2, -0.15) is 0 Å². The van der Waals surface area contributed by atoms with Crippen LogP contribution < -0.4 is 10.6 Å². The number of nitrogens with zero attached hydrogens (tertiary/aromatic N) is 2. The number of aliphatic imine (C=N–C) groups is 1. The summed E-state index contributed by atoms with van der Waals surface area (Å²) in [4.78, 5) is 14.9. The summed E-state index contributed by atoms with van der Waals surface area (Å²) in [5.41, 5.74) is 1.03. The summed E-state index contributed by atoms with van der Waals surface area (Å²) < 4.78 is 5.16. The first-order valence-electron chi connectivity index (χ1n) is 8.38. The largest absolute Gasteiger partial charge is 0.383 e. The lowest BCUT2D eigenvalue weighted by Crippen LogP contribution is -2.47. The maximum Gasteiger partial charge on any atom is 0.269 e. The van der Waals surface area contributed by atoms with Gasteiger partial charge in [-0.15, -0.1) is 24.0 Å². The van der Waals surface area contributed by atoms with E-state index < -0.39 is 4.92 Å². The molecule has 0 bridgehead atoms. The molecular weight excluding hydrogens is 435 g/mol. The molecule has 140 valence electrons. The average molecular weight is 462 g/mol. The fourth-order valence-corrected chi connectivity index (χ4v) is 2.81. The van der Waals surface area contributed by atoms with Gasteiger partial charge in [0.25, 0.3) is 5.69 Å². The van der Waals surface area contributed by atoms with Crippen molar-refractivity contribution in [1.82, 2.24) is 10.6 Å². The number of non-ortho nitro benzene ring substituents is 1. The highest BCUT2D eigenvalue weighted by Crippen LogP contribution is 2.17. The second-order valence-electron chi connectivity index (χ2n) is 6.21. The Morgan fingerprint density at radius 2 is 2.00 bits per heavy atom. The number of rotatable bonds is 7. The van der Waals surface area contributed by atoms with Crippen molar-refractivity contribution in [2.45, 2.75) is 51.2 Å². The molecule has 25 heavy (non-hydrogen) atoms. The maximum absolute atomic E-state index is 10.7. The van der Waals surface area contributed by atoms with E-state index >= 15 is 0 Å². The van der Waals surface area contributed by atoms with Crippen LogP contribution in [0.2, 0.25) is 0 Å². The highest BCUT2D eigenvalue weighted by atomic mass is 127. The van der Waals surface area contributed by atoms with Crippen LogP contribution in [0.25, 0.3) is 0 Å². The summed E-state index contributed by atoms with van der Waals surface area (Å²) in [7, 11) is 1.68. The maximum atomic E-state index is 10.7. The highest BCUT2D eigenvalue weighted by molar-refractivity contribution is 14.0. The minimum atomic E-state index is -0.395. The average Bonchev–Trinajstić information content (AvgIpc) is 3.06. The van der Waals surface area contributed by atoms with Crippen LogP contribution in [0, 0.1) is 10.1 Å². The third-order valence-electron chi connectivity index (χ3n) is 4.06. The smallest absolute Gasteiger partial charge is 0.269 e. The molecule has 2 N–H and O–H groups in total. The Balaban J connectivity index is 0.00000312. The fraction of sp³-hybridized carbons (Fsp3) is 0.588. The van der Waals surface area contributed by atoms with Gasteiger partial charge in [-0.05, 0) is 25.3 Å². The Hall–Kier alpha value is -1.42. The summed E-state index contributed by atoms with van der Waals surface area (Å²) in [6.45, 7) is 3.11. The van der Waals surface area contributed by atoms with Crippen molar-refractivity contribution in [3.8, 4) is 0 Å². The molecule has 1 aromatic carbocycles. The van der Waals surface area contributed by atoms with Crippen LogP contribution >= 0.6 is 24.0 Å². The molecular formula is C17H27IN4O3. The van der Waals surface area contributed by atoms with E-state index in [2.05, 4.69) is 15.6 Å². The number of ether oxygens (including phenoxy) is 1. The van der Waals surface area contributed by atoms with Crippen molar-refractivity contribution in [2.24, 2.45) is 4.99 Å². The van der Waals surface area contributed by atoms with Gasteiger partial charge in [0.15, 0.2) is 5.96 Å². The Bertz CT molecular complexity index is 560. The van der Waals surface area contributed by atoms with E-state index in [1.165, 1.54) is 25.0 Å². The van der Waals surface area contributed by atoms with Crippen molar-refractivity contribution >= 4 is 35.6 Å². The molecule has 0 spiro atoms. The van der Waals surface area contributed by atoms with Gasteiger partial charge in [0.1, 0.15) is 0 Å². The number of guanidine groups is 1. The molecule has 1 fully saturated rings. The van der Waals surface area contributed by atoms with Crippen LogP contribution in [0.4, 0.5) is 5.69 Å². The van der Waals surface area contributed by atoms with Crippen molar-refractivity contribution in [3.05, 3.63) is 39.9 Å². The number of nitro benzene ring substituents is 1. The second kappa shape index (κ2) is 11.2. The molecule has 0 heterocycles. The zero-order valence-corrected chi connectivity index (χ0v) is 17.1. The number of benzene rings is 1. The Morgan fingerprint density at radius 1 is 1.36 bits per heavy atom. The van der Waals surface area contributed by atoms with Gasteiger partial charge in [0.2, 0.25) is 0 Å². The number of nitro groups is 1. The molecule has 1 saturated carbocycles. The first kappa shape index (κ1) is 21.6. The lowest BCUT2D eigenvalue weighted by atomic mass is 10.2. The van der Waals surface area contributed by atoms with Gasteiger partial charge >= 0.3 is 0 Å². The summed E-state index contributed by atoms with van der Waals surface area (Å²) in [5.74, 6) is 0.768. The van der Waals surface area contributed by atoms with Gasteiger partial charge in [0.05, 0.1) is 18.1 Å². The molecule has 7 nitrogen and oxygen atoms in total. The standard InChI is InChI=1S/C17H26N4O3.HI/c1-13(12-24-2)19-17(20-15-5-3-4-6-15)18-11-14-7-9-16(10-8-14)21(22)23;/h7-10,13,15H,3-6,11-12H2,1-2H3,(H2,18,19,20);1H. The van der Waals surface area contributed by atoms with Gasteiger partial charge in [-0.1, -0.05) is 25.0 Å². The number of hydrogen-bond donors (Lipinski definition) is 2. The van der Waals surface area contributed by atoms with E-state index in [0.717, 1.165) is 24.4 Å². The van der Waals surface area contributed by atoms with E-state index in [4.69, 9.17) is 4.74 Å². The lowest BCUT2D eigenvalue weighted by Gasteiger charge is -2.21. The first-order valence-corrected chi connectivity index (χ1v) is 8.38. The number of halogens is 1. The van der Waals surface area contributed by atoms with Crippen molar-refractivity contribution in [1.29, 1.82) is 0 Å². The molecule has 0 saturated heterocycles. The molecule has 1 unspecified atom stereocenters. The van der Waals surface area contributed by atoms with E-state index in [0.29, 0.717) is 19.2 Å². The zero-order chi connectivity index (χ0) is 17.4. The predicted octanol–water partition coefficient (Wildman–Crippen LogP) is 3.23. The second-order valence-corrected chi connectivity index (χ2v) is 6.21. The molecule has 2 rings (SSSR count). The van der Waals surface area contributed by atoms with Crippen LogP contribution in [-0.4, -0.2) is 36.7 Å². The monoisotopic (exact) mass is 462 g/mol. The van der Waals surface area contributed by atoms with E-state index in [1.807, 2.05) is 6.92 Å². The number of hydrogen-bond acceptors (Lipinski definition) is 4. The molecule has 1 aliphatic rings. The van der Waals surface area contributed by atoms with Gasteiger partial charge in [-0.3, -0.25) is 10.1 Å². The van der Waals surface area contributed by atoms with Crippen LogP contribution in [0.15, 0.2) is 29.3 Å². The molecule has 0 aromatic heterocycles. The Morgan fingerprint density at radius 3 is 2.56 bits per heavy atom. The third-order valence-corrected chi connectivity index (χ3v) is 4.06. The summed E-state index contributed by atoms with van der Waals surface area (Å²) >= 11 is 0. The molecule has 1 aromatic rings. The predicted molar refractivity (Wildman–Crippen MR) is 110 cm³/mol. The van der Waals surface area contributed by atoms with Gasteiger partial charge in [0, 0.05) is 31.3 Å². The van der Waals surface area contributed by atoms with E-state index in [-0.39, 0.29) is 35.7 Å². The Labute approximate surface area is 165 Å². The molecule has 1 aliphatic carbocycles. The van der Waals surface area contributed by atoms with Crippen LogP contribution in [-0.2, 0) is 11.3 Å². The van der Waals surface area contributed by atoms with Crippen LogP contribution in [0.1, 0.15) is 38.2 Å². The quantitative estimate of drug-likeness (QED) is 0.214. The summed E-state index contributed by atoms with van der Waals surface area (Å²) in [6.07, 6.45) is 4.83.